The van der Waals surface area contributed by atoms with Crippen LogP contribution in [0.4, 0.5) is 0 Å². The van der Waals surface area contributed by atoms with Crippen molar-refractivity contribution in [2.45, 2.75) is 5.41 Å². The van der Waals surface area contributed by atoms with E-state index in [1.54, 1.807) is 0 Å². The van der Waals surface area contributed by atoms with Crippen molar-refractivity contribution in [1.29, 1.82) is 0 Å². The van der Waals surface area contributed by atoms with E-state index in [4.69, 9.17) is 0 Å². The van der Waals surface area contributed by atoms with Crippen molar-refractivity contribution >= 4 is 37.7 Å². The zero-order valence-corrected chi connectivity index (χ0v) is 29.4. The average Bonchev–Trinajstić information content (AvgIpc) is 3.69. The Bertz CT molecular complexity index is 2700. The highest BCUT2D eigenvalue weighted by Gasteiger charge is 2.46. The molecule has 1 aliphatic rings. The van der Waals surface area contributed by atoms with Gasteiger partial charge in [0.1, 0.15) is 0 Å². The Morgan fingerprint density at radius 2 is 0.980 bits per heavy atom. The maximum atomic E-state index is 3.67. The Labute approximate surface area is 306 Å². The molecule has 51 heavy (non-hydrogen) atoms. The summed E-state index contributed by atoms with van der Waals surface area (Å²) in [4.78, 5) is 0. The van der Waals surface area contributed by atoms with Crippen LogP contribution in [0.25, 0.3) is 60.9 Å². The van der Waals surface area contributed by atoms with Gasteiger partial charge in [-0.3, -0.25) is 0 Å². The smallest absolute Gasteiger partial charge is 0.0713 e. The van der Waals surface area contributed by atoms with Crippen LogP contribution in [0.2, 0.25) is 0 Å². The molecule has 0 amide bonds. The number of hydrogen-bond acceptors (Lipinski definition) is 0. The van der Waals surface area contributed by atoms with Crippen LogP contribution in [-0.2, 0) is 5.41 Å². The molecule has 0 atom stereocenters. The summed E-state index contributed by atoms with van der Waals surface area (Å²) in [5.41, 5.74) is 15.8. The first-order valence-corrected chi connectivity index (χ1v) is 18.3. The molecule has 0 aliphatic heterocycles. The van der Waals surface area contributed by atoms with Crippen LogP contribution in [0.5, 0.6) is 0 Å². The molecule has 0 bridgehead atoms. The Morgan fingerprint density at radius 1 is 0.392 bits per heavy atom. The fourth-order valence-electron chi connectivity index (χ4n) is 8.62. The van der Waals surface area contributed by atoms with Crippen molar-refractivity contribution in [2.75, 3.05) is 0 Å². The van der Waals surface area contributed by atoms with Gasteiger partial charge < -0.3 is 4.57 Å². The second-order valence-electron chi connectivity index (χ2n) is 13.4. The van der Waals surface area contributed by atoms with Gasteiger partial charge in [-0.1, -0.05) is 174 Å². The number of nitrogens with zero attached hydrogens (tertiary/aromatic N) is 1. The minimum absolute atomic E-state index is 0.417. The standard InChI is InChI=1S/C49H32BrN/c50-38-18-11-13-34(31-38)35-27-30-42-41-19-8-10-24-46(41)51(47(42)32-35)39-28-25-33(26-29-39)40-21-12-23-45-48(40)43-20-7-9-22-44(43)49(45,36-14-3-1-4-15-36)37-16-5-2-6-17-37/h1-32H. The number of rotatable bonds is 5. The second-order valence-corrected chi connectivity index (χ2v) is 14.3. The molecular weight excluding hydrogens is 682 g/mol. The van der Waals surface area contributed by atoms with E-state index in [9.17, 15) is 0 Å². The molecule has 0 radical (unpaired) electrons. The van der Waals surface area contributed by atoms with Crippen molar-refractivity contribution in [2.24, 2.45) is 0 Å². The van der Waals surface area contributed by atoms with Gasteiger partial charge in [-0.2, -0.15) is 0 Å². The third-order valence-corrected chi connectivity index (χ3v) is 11.2. The van der Waals surface area contributed by atoms with Gasteiger partial charge in [-0.05, 0) is 92.0 Å². The Balaban J connectivity index is 1.16. The summed E-state index contributed by atoms with van der Waals surface area (Å²) in [6, 6.07) is 71.2. The first-order valence-electron chi connectivity index (χ1n) is 17.5. The van der Waals surface area contributed by atoms with Gasteiger partial charge in [0, 0.05) is 20.9 Å². The van der Waals surface area contributed by atoms with Gasteiger partial charge in [0.2, 0.25) is 0 Å². The van der Waals surface area contributed by atoms with Gasteiger partial charge in [-0.15, -0.1) is 0 Å². The first-order chi connectivity index (χ1) is 25.2. The van der Waals surface area contributed by atoms with Gasteiger partial charge in [0.05, 0.1) is 16.4 Å². The quantitative estimate of drug-likeness (QED) is 0.167. The van der Waals surface area contributed by atoms with E-state index in [-0.39, 0.29) is 0 Å². The molecule has 240 valence electrons. The van der Waals surface area contributed by atoms with Gasteiger partial charge in [0.25, 0.3) is 0 Å². The zero-order chi connectivity index (χ0) is 33.9. The lowest BCUT2D eigenvalue weighted by molar-refractivity contribution is 0.768. The fourth-order valence-corrected chi connectivity index (χ4v) is 9.02. The lowest BCUT2D eigenvalue weighted by Gasteiger charge is -2.34. The number of aromatic nitrogens is 1. The van der Waals surface area contributed by atoms with E-state index in [1.165, 1.54) is 77.4 Å². The van der Waals surface area contributed by atoms with Gasteiger partial charge >= 0.3 is 0 Å². The monoisotopic (exact) mass is 713 g/mol. The topological polar surface area (TPSA) is 4.93 Å². The molecule has 2 heteroatoms. The average molecular weight is 715 g/mol. The lowest BCUT2D eigenvalue weighted by atomic mass is 9.67. The first kappa shape index (κ1) is 29.9. The summed E-state index contributed by atoms with van der Waals surface area (Å²) in [6.45, 7) is 0. The normalized spacial score (nSPS) is 13.0. The minimum Gasteiger partial charge on any atom is -0.309 e. The van der Waals surface area contributed by atoms with E-state index in [1.807, 2.05) is 0 Å². The second kappa shape index (κ2) is 11.8. The molecule has 0 unspecified atom stereocenters. The molecule has 0 saturated carbocycles. The summed E-state index contributed by atoms with van der Waals surface area (Å²) in [6.07, 6.45) is 0. The molecule has 1 aromatic heterocycles. The van der Waals surface area contributed by atoms with Gasteiger partial charge in [-0.25, -0.2) is 0 Å². The molecule has 0 fully saturated rings. The van der Waals surface area contributed by atoms with Crippen LogP contribution in [0.1, 0.15) is 22.3 Å². The van der Waals surface area contributed by atoms with E-state index in [2.05, 4.69) is 215 Å². The number of hydrogen-bond donors (Lipinski definition) is 0. The number of para-hydroxylation sites is 1. The molecule has 8 aromatic carbocycles. The highest BCUT2D eigenvalue weighted by atomic mass is 79.9. The van der Waals surface area contributed by atoms with Crippen LogP contribution < -0.4 is 0 Å². The Kier molecular flexibility index (Phi) is 6.94. The summed E-state index contributed by atoms with van der Waals surface area (Å²) in [5, 5.41) is 2.51. The molecule has 1 heterocycles. The third-order valence-electron chi connectivity index (χ3n) is 10.8. The lowest BCUT2D eigenvalue weighted by Crippen LogP contribution is -2.28. The summed E-state index contributed by atoms with van der Waals surface area (Å²) in [7, 11) is 0. The minimum atomic E-state index is -0.417. The van der Waals surface area contributed by atoms with E-state index in [0.717, 1.165) is 10.2 Å². The maximum Gasteiger partial charge on any atom is 0.0713 e. The summed E-state index contributed by atoms with van der Waals surface area (Å²) in [5.74, 6) is 0. The molecular formula is C49H32BrN. The molecule has 0 saturated heterocycles. The van der Waals surface area contributed by atoms with E-state index < -0.39 is 5.41 Å². The van der Waals surface area contributed by atoms with Crippen LogP contribution in [-0.4, -0.2) is 4.57 Å². The van der Waals surface area contributed by atoms with Gasteiger partial charge in [0.15, 0.2) is 0 Å². The van der Waals surface area contributed by atoms with Crippen LogP contribution >= 0.6 is 15.9 Å². The Hall–Kier alpha value is -5.96. The van der Waals surface area contributed by atoms with Crippen molar-refractivity contribution in [3.05, 3.63) is 221 Å². The molecule has 0 N–H and O–H groups in total. The van der Waals surface area contributed by atoms with Crippen molar-refractivity contribution < 1.29 is 0 Å². The predicted octanol–water partition coefficient (Wildman–Crippen LogP) is 13.2. The molecule has 1 aliphatic carbocycles. The third kappa shape index (κ3) is 4.53. The summed E-state index contributed by atoms with van der Waals surface area (Å²) >= 11 is 3.67. The number of halogens is 1. The number of fused-ring (bicyclic) bond motifs is 6. The molecule has 10 rings (SSSR count). The molecule has 0 spiro atoms. The maximum absolute atomic E-state index is 3.67. The Morgan fingerprint density at radius 3 is 1.75 bits per heavy atom. The largest absolute Gasteiger partial charge is 0.309 e. The summed E-state index contributed by atoms with van der Waals surface area (Å²) < 4.78 is 3.49. The van der Waals surface area contributed by atoms with Crippen molar-refractivity contribution in [1.82, 2.24) is 4.57 Å². The predicted molar refractivity (Wildman–Crippen MR) is 217 cm³/mol. The number of benzene rings is 8. The molecule has 9 aromatic rings. The highest BCUT2D eigenvalue weighted by molar-refractivity contribution is 9.10. The van der Waals surface area contributed by atoms with Crippen molar-refractivity contribution in [3.63, 3.8) is 0 Å². The van der Waals surface area contributed by atoms with Crippen LogP contribution in [0, 0.1) is 0 Å². The SMILES string of the molecule is Brc1cccc(-c2ccc3c4ccccc4n(-c4ccc(-c5cccc6c5-c5ccccc5C6(c5ccccc5)c5ccccc5)cc4)c3c2)c1. The highest BCUT2D eigenvalue weighted by Crippen LogP contribution is 2.58. The van der Waals surface area contributed by atoms with E-state index in [0.29, 0.717) is 0 Å². The fraction of sp³-hybridized carbons (Fsp3) is 0.0204. The van der Waals surface area contributed by atoms with Crippen LogP contribution in [0.3, 0.4) is 0 Å². The zero-order valence-electron chi connectivity index (χ0n) is 27.8. The molecule has 1 nitrogen and oxygen atoms in total. The van der Waals surface area contributed by atoms with Crippen LogP contribution in [0.15, 0.2) is 199 Å². The van der Waals surface area contributed by atoms with Crippen molar-refractivity contribution in [3.8, 4) is 39.1 Å². The van der Waals surface area contributed by atoms with E-state index >= 15 is 0 Å².